The van der Waals surface area contributed by atoms with Gasteiger partial charge in [-0.1, -0.05) is 64.5 Å². The Morgan fingerprint density at radius 3 is 1.32 bits per heavy atom. The highest BCUT2D eigenvalue weighted by Crippen LogP contribution is 2.24. The average molecular weight is 517 g/mol. The van der Waals surface area contributed by atoms with Crippen LogP contribution in [0.5, 0.6) is 11.5 Å². The van der Waals surface area contributed by atoms with Crippen molar-refractivity contribution >= 4 is 23.2 Å². The largest absolute Gasteiger partial charge is 0.494 e. The molecular formula is C32H40N2O4. The standard InChI is InChI=1S/C32H40N2O4/c1-3-5-7-11-23-37-27-19-15-25(16-20-27)31(35)33-29-13-9-10-14-30(29)34-32(36)26-17-21-28(22-18-26)38-24-12-8-6-4-2/h9-10,13-22H,3-8,11-12,23-24H2,1-2H3,(H,33,35)(H,34,36). The number of carbonyl (C=O) groups is 2. The Morgan fingerprint density at radius 2 is 0.947 bits per heavy atom. The second-order valence-corrected chi connectivity index (χ2v) is 9.32. The molecule has 6 heteroatoms. The summed E-state index contributed by atoms with van der Waals surface area (Å²) >= 11 is 0. The molecule has 3 rings (SSSR count). The number of unbranched alkanes of at least 4 members (excludes halogenated alkanes) is 6. The van der Waals surface area contributed by atoms with Crippen molar-refractivity contribution in [3.8, 4) is 11.5 Å². The number of para-hydroxylation sites is 2. The molecule has 0 radical (unpaired) electrons. The van der Waals surface area contributed by atoms with E-state index in [2.05, 4.69) is 24.5 Å². The number of amides is 2. The zero-order chi connectivity index (χ0) is 27.0. The summed E-state index contributed by atoms with van der Waals surface area (Å²) < 4.78 is 11.5. The van der Waals surface area contributed by atoms with Gasteiger partial charge in [-0.3, -0.25) is 9.59 Å². The Morgan fingerprint density at radius 1 is 0.553 bits per heavy atom. The fourth-order valence-corrected chi connectivity index (χ4v) is 3.93. The van der Waals surface area contributed by atoms with E-state index in [9.17, 15) is 9.59 Å². The van der Waals surface area contributed by atoms with Gasteiger partial charge in [0.05, 0.1) is 24.6 Å². The molecule has 0 saturated heterocycles. The van der Waals surface area contributed by atoms with Gasteiger partial charge in [0.2, 0.25) is 0 Å². The van der Waals surface area contributed by atoms with E-state index in [1.54, 1.807) is 60.7 Å². The zero-order valence-corrected chi connectivity index (χ0v) is 22.6. The lowest BCUT2D eigenvalue weighted by atomic mass is 10.1. The molecule has 0 atom stereocenters. The van der Waals surface area contributed by atoms with Crippen molar-refractivity contribution in [2.24, 2.45) is 0 Å². The summed E-state index contributed by atoms with van der Waals surface area (Å²) in [6.45, 7) is 5.71. The van der Waals surface area contributed by atoms with Crippen LogP contribution in [-0.2, 0) is 0 Å². The number of anilines is 2. The van der Waals surface area contributed by atoms with E-state index in [4.69, 9.17) is 9.47 Å². The first-order valence-corrected chi connectivity index (χ1v) is 13.8. The monoisotopic (exact) mass is 516 g/mol. The Kier molecular flexibility index (Phi) is 12.2. The minimum absolute atomic E-state index is 0.262. The third-order valence-electron chi connectivity index (χ3n) is 6.19. The van der Waals surface area contributed by atoms with Crippen molar-refractivity contribution in [3.05, 3.63) is 83.9 Å². The van der Waals surface area contributed by atoms with Crippen molar-refractivity contribution in [2.75, 3.05) is 23.8 Å². The van der Waals surface area contributed by atoms with Crippen LogP contribution in [0.15, 0.2) is 72.8 Å². The molecule has 0 heterocycles. The number of nitrogens with one attached hydrogen (secondary N) is 2. The first-order valence-electron chi connectivity index (χ1n) is 13.8. The quantitative estimate of drug-likeness (QED) is 0.189. The van der Waals surface area contributed by atoms with Gasteiger partial charge in [-0.05, 0) is 73.5 Å². The topological polar surface area (TPSA) is 76.7 Å². The van der Waals surface area contributed by atoms with Gasteiger partial charge < -0.3 is 20.1 Å². The van der Waals surface area contributed by atoms with Crippen molar-refractivity contribution in [2.45, 2.75) is 65.2 Å². The van der Waals surface area contributed by atoms with Gasteiger partial charge in [0, 0.05) is 11.1 Å². The van der Waals surface area contributed by atoms with E-state index in [0.29, 0.717) is 35.7 Å². The molecule has 0 saturated carbocycles. The maximum absolute atomic E-state index is 12.9. The molecule has 0 aliphatic rings. The fourth-order valence-electron chi connectivity index (χ4n) is 3.93. The summed E-state index contributed by atoms with van der Waals surface area (Å²) in [5.74, 6) is 0.973. The van der Waals surface area contributed by atoms with E-state index in [1.165, 1.54) is 25.7 Å². The smallest absolute Gasteiger partial charge is 0.255 e. The predicted molar refractivity (Wildman–Crippen MR) is 155 cm³/mol. The van der Waals surface area contributed by atoms with E-state index >= 15 is 0 Å². The minimum atomic E-state index is -0.262. The fraction of sp³-hybridized carbons (Fsp3) is 0.375. The summed E-state index contributed by atoms with van der Waals surface area (Å²) in [7, 11) is 0. The molecule has 38 heavy (non-hydrogen) atoms. The molecule has 202 valence electrons. The Hall–Kier alpha value is -3.80. The van der Waals surface area contributed by atoms with Crippen LogP contribution in [-0.4, -0.2) is 25.0 Å². The number of rotatable bonds is 16. The maximum atomic E-state index is 12.9. The zero-order valence-electron chi connectivity index (χ0n) is 22.6. The number of carbonyl (C=O) groups excluding carboxylic acids is 2. The Labute approximate surface area is 226 Å². The van der Waals surface area contributed by atoms with Gasteiger partial charge in [-0.2, -0.15) is 0 Å². The van der Waals surface area contributed by atoms with Gasteiger partial charge in [0.15, 0.2) is 0 Å². The van der Waals surface area contributed by atoms with Gasteiger partial charge in [0.1, 0.15) is 11.5 Å². The second kappa shape index (κ2) is 16.1. The van der Waals surface area contributed by atoms with Crippen molar-refractivity contribution < 1.29 is 19.1 Å². The highest BCUT2D eigenvalue weighted by molar-refractivity contribution is 6.10. The lowest BCUT2D eigenvalue weighted by Gasteiger charge is -2.13. The second-order valence-electron chi connectivity index (χ2n) is 9.32. The summed E-state index contributed by atoms with van der Waals surface area (Å²) in [5, 5.41) is 5.80. The first-order chi connectivity index (χ1) is 18.6. The normalized spacial score (nSPS) is 10.6. The Bertz CT molecular complexity index is 1040. The van der Waals surface area contributed by atoms with Crippen LogP contribution in [0.3, 0.4) is 0 Å². The number of hydrogen-bond donors (Lipinski definition) is 2. The first kappa shape index (κ1) is 28.8. The maximum Gasteiger partial charge on any atom is 0.255 e. The summed E-state index contributed by atoms with van der Waals surface area (Å²) in [6.07, 6.45) is 9.18. The van der Waals surface area contributed by atoms with Crippen molar-refractivity contribution in [1.29, 1.82) is 0 Å². The molecule has 6 nitrogen and oxygen atoms in total. The van der Waals surface area contributed by atoms with Crippen LogP contribution in [0, 0.1) is 0 Å². The molecule has 2 N–H and O–H groups in total. The van der Waals surface area contributed by atoms with Crippen molar-refractivity contribution in [1.82, 2.24) is 0 Å². The molecular weight excluding hydrogens is 476 g/mol. The SMILES string of the molecule is CCCCCCOc1ccc(C(=O)Nc2ccccc2NC(=O)c2ccc(OCCCCCC)cc2)cc1. The van der Waals surface area contributed by atoms with Crippen LogP contribution in [0.2, 0.25) is 0 Å². The summed E-state index contributed by atoms with van der Waals surface area (Å²) in [6, 6.07) is 21.3. The highest BCUT2D eigenvalue weighted by atomic mass is 16.5. The van der Waals surface area contributed by atoms with Crippen molar-refractivity contribution in [3.63, 3.8) is 0 Å². The van der Waals surface area contributed by atoms with E-state index in [1.807, 2.05) is 12.1 Å². The van der Waals surface area contributed by atoms with Gasteiger partial charge in [-0.25, -0.2) is 0 Å². The van der Waals surface area contributed by atoms with Gasteiger partial charge in [0.25, 0.3) is 11.8 Å². The molecule has 0 aliphatic carbocycles. The molecule has 0 spiro atoms. The minimum Gasteiger partial charge on any atom is -0.494 e. The Balaban J connectivity index is 1.53. The molecule has 3 aromatic carbocycles. The van der Waals surface area contributed by atoms with E-state index in [-0.39, 0.29) is 11.8 Å². The number of hydrogen-bond acceptors (Lipinski definition) is 4. The van der Waals surface area contributed by atoms with Crippen LogP contribution in [0.4, 0.5) is 11.4 Å². The molecule has 3 aromatic rings. The molecule has 2 amide bonds. The number of ether oxygens (including phenoxy) is 2. The van der Waals surface area contributed by atoms with Gasteiger partial charge >= 0.3 is 0 Å². The van der Waals surface area contributed by atoms with Gasteiger partial charge in [-0.15, -0.1) is 0 Å². The molecule has 0 bridgehead atoms. The van der Waals surface area contributed by atoms with Crippen LogP contribution in [0.1, 0.15) is 85.9 Å². The summed E-state index contributed by atoms with van der Waals surface area (Å²) in [5.41, 5.74) is 2.06. The molecule has 0 fully saturated rings. The third-order valence-corrected chi connectivity index (χ3v) is 6.19. The molecule has 0 aliphatic heterocycles. The number of benzene rings is 3. The lowest BCUT2D eigenvalue weighted by molar-refractivity contribution is 0.101. The van der Waals surface area contributed by atoms with Crippen LogP contribution in [0.25, 0.3) is 0 Å². The lowest BCUT2D eigenvalue weighted by Crippen LogP contribution is -2.16. The summed E-state index contributed by atoms with van der Waals surface area (Å²) in [4.78, 5) is 25.7. The van der Waals surface area contributed by atoms with E-state index in [0.717, 1.165) is 37.2 Å². The third kappa shape index (κ3) is 9.58. The molecule has 0 aromatic heterocycles. The molecule has 0 unspecified atom stereocenters. The van der Waals surface area contributed by atoms with E-state index < -0.39 is 0 Å². The average Bonchev–Trinajstić information content (AvgIpc) is 2.94. The van der Waals surface area contributed by atoms with Crippen LogP contribution >= 0.6 is 0 Å². The van der Waals surface area contributed by atoms with Crippen LogP contribution < -0.4 is 20.1 Å². The predicted octanol–water partition coefficient (Wildman–Crippen LogP) is 8.11. The highest BCUT2D eigenvalue weighted by Gasteiger charge is 2.13.